The van der Waals surface area contributed by atoms with Crippen LogP contribution >= 0.6 is 11.3 Å². The minimum Gasteiger partial charge on any atom is -0.486 e. The molecule has 1 unspecified atom stereocenters. The predicted molar refractivity (Wildman–Crippen MR) is 149 cm³/mol. The van der Waals surface area contributed by atoms with Gasteiger partial charge in [0, 0.05) is 45.3 Å². The number of fused-ring (bicyclic) bond motifs is 2. The molecule has 0 radical (unpaired) electrons. The van der Waals surface area contributed by atoms with E-state index in [2.05, 4.69) is 10.3 Å². The molecule has 38 heavy (non-hydrogen) atoms. The van der Waals surface area contributed by atoms with Crippen molar-refractivity contribution in [3.63, 3.8) is 0 Å². The molecule has 0 saturated heterocycles. The van der Waals surface area contributed by atoms with Gasteiger partial charge in [0.15, 0.2) is 11.5 Å². The monoisotopic (exact) mass is 529 g/mol. The van der Waals surface area contributed by atoms with Crippen molar-refractivity contribution in [3.8, 4) is 11.5 Å². The summed E-state index contributed by atoms with van der Waals surface area (Å²) in [4.78, 5) is 34.2. The number of benzene rings is 2. The maximum atomic E-state index is 14.2. The Kier molecular flexibility index (Phi) is 7.05. The number of nitrogens with one attached hydrogen (secondary N) is 2. The number of anilines is 1. The van der Waals surface area contributed by atoms with Gasteiger partial charge in [0.05, 0.1) is 6.42 Å². The van der Waals surface area contributed by atoms with E-state index in [0.717, 1.165) is 47.0 Å². The molecule has 2 N–H and O–H groups in total. The number of rotatable bonds is 7. The topological polar surface area (TPSA) is 83.7 Å². The Morgan fingerprint density at radius 2 is 1.82 bits per heavy atom. The maximum absolute atomic E-state index is 14.2. The average molecular weight is 530 g/mol. The van der Waals surface area contributed by atoms with Crippen molar-refractivity contribution in [1.29, 1.82) is 0 Å². The minimum absolute atomic E-state index is 0.110. The number of aromatic nitrogens is 1. The lowest BCUT2D eigenvalue weighted by Gasteiger charge is -2.34. The second-order valence-electron chi connectivity index (χ2n) is 9.88. The van der Waals surface area contributed by atoms with Crippen LogP contribution in [0.3, 0.4) is 0 Å². The summed E-state index contributed by atoms with van der Waals surface area (Å²) in [6.45, 7) is 0.919. The van der Waals surface area contributed by atoms with Crippen molar-refractivity contribution in [2.24, 2.45) is 0 Å². The fraction of sp³-hybridized carbons (Fsp3) is 0.333. The van der Waals surface area contributed by atoms with Gasteiger partial charge in [0.25, 0.3) is 0 Å². The Balaban J connectivity index is 1.46. The largest absolute Gasteiger partial charge is 0.486 e. The summed E-state index contributed by atoms with van der Waals surface area (Å²) in [7, 11) is 0. The van der Waals surface area contributed by atoms with Gasteiger partial charge in [-0.15, -0.1) is 11.3 Å². The molecule has 1 aliphatic carbocycles. The number of carbonyl (C=O) groups excluding carboxylic acids is 2. The molecule has 1 aliphatic heterocycles. The van der Waals surface area contributed by atoms with Crippen molar-refractivity contribution in [1.82, 2.24) is 10.3 Å². The van der Waals surface area contributed by atoms with E-state index in [1.54, 1.807) is 4.90 Å². The molecule has 8 heteroatoms. The Labute approximate surface area is 225 Å². The minimum atomic E-state index is -0.858. The third kappa shape index (κ3) is 5.00. The second kappa shape index (κ2) is 10.9. The van der Waals surface area contributed by atoms with E-state index in [1.165, 1.54) is 17.8 Å². The zero-order valence-electron chi connectivity index (χ0n) is 21.2. The van der Waals surface area contributed by atoms with Gasteiger partial charge in [-0.25, -0.2) is 0 Å². The van der Waals surface area contributed by atoms with E-state index in [1.807, 2.05) is 66.2 Å². The van der Waals surface area contributed by atoms with Crippen molar-refractivity contribution in [3.05, 3.63) is 76.6 Å². The molecule has 0 spiro atoms. The first-order valence-corrected chi connectivity index (χ1v) is 14.2. The summed E-state index contributed by atoms with van der Waals surface area (Å²) in [6.07, 6.45) is 7.37. The average Bonchev–Trinajstić information content (AvgIpc) is 3.62. The highest BCUT2D eigenvalue weighted by atomic mass is 32.1. The standard InChI is InChI=1S/C30H31N3O4S/c34-28(18-22-9-6-16-38-22)33(21-12-13-26-27(17-21)37-15-14-36-26)29(30(35)32-20-7-2-1-3-8-20)24-19-31-25-11-5-4-10-23(24)25/h4-6,9-13,16-17,19-20,29,31H,1-3,7-8,14-15,18H2,(H,32,35). The lowest BCUT2D eigenvalue weighted by molar-refractivity contribution is -0.127. The number of amides is 2. The van der Waals surface area contributed by atoms with Crippen molar-refractivity contribution in [2.45, 2.75) is 50.6 Å². The molecule has 1 atom stereocenters. The third-order valence-electron chi connectivity index (χ3n) is 7.35. The summed E-state index contributed by atoms with van der Waals surface area (Å²) >= 11 is 1.54. The summed E-state index contributed by atoms with van der Waals surface area (Å²) in [5, 5.41) is 6.18. The zero-order chi connectivity index (χ0) is 25.9. The van der Waals surface area contributed by atoms with Crippen molar-refractivity contribution in [2.75, 3.05) is 18.1 Å². The van der Waals surface area contributed by atoms with Crippen LogP contribution in [0.2, 0.25) is 0 Å². The van der Waals surface area contributed by atoms with Gasteiger partial charge in [0.1, 0.15) is 19.3 Å². The van der Waals surface area contributed by atoms with Gasteiger partial charge in [-0.3, -0.25) is 14.5 Å². The summed E-state index contributed by atoms with van der Waals surface area (Å²) < 4.78 is 11.6. The van der Waals surface area contributed by atoms with Crippen LogP contribution in [0.5, 0.6) is 11.5 Å². The number of hydrogen-bond donors (Lipinski definition) is 2. The first-order chi connectivity index (χ1) is 18.7. The first kappa shape index (κ1) is 24.6. The molecule has 196 valence electrons. The van der Waals surface area contributed by atoms with Crippen LogP contribution in [-0.2, 0) is 16.0 Å². The molecule has 7 nitrogen and oxygen atoms in total. The lowest BCUT2D eigenvalue weighted by Crippen LogP contribution is -2.47. The third-order valence-corrected chi connectivity index (χ3v) is 8.23. The zero-order valence-corrected chi connectivity index (χ0v) is 22.0. The van der Waals surface area contributed by atoms with Crippen molar-refractivity contribution >= 4 is 39.7 Å². The molecule has 1 saturated carbocycles. The lowest BCUT2D eigenvalue weighted by atomic mass is 9.94. The molecule has 2 aromatic heterocycles. The number of aromatic amines is 1. The van der Waals surface area contributed by atoms with Crippen LogP contribution in [0.4, 0.5) is 5.69 Å². The highest BCUT2D eigenvalue weighted by molar-refractivity contribution is 7.10. The van der Waals surface area contributed by atoms with E-state index in [0.29, 0.717) is 30.4 Å². The van der Waals surface area contributed by atoms with E-state index in [9.17, 15) is 9.59 Å². The maximum Gasteiger partial charge on any atom is 0.248 e. The van der Waals surface area contributed by atoms with Gasteiger partial charge in [-0.05, 0) is 42.5 Å². The molecule has 2 aliphatic rings. The Morgan fingerprint density at radius 3 is 2.63 bits per heavy atom. The number of thiophene rings is 1. The quantitative estimate of drug-likeness (QED) is 0.319. The van der Waals surface area contributed by atoms with Gasteiger partial charge in [-0.2, -0.15) is 0 Å². The van der Waals surface area contributed by atoms with E-state index in [-0.39, 0.29) is 24.3 Å². The second-order valence-corrected chi connectivity index (χ2v) is 10.9. The predicted octanol–water partition coefficient (Wildman–Crippen LogP) is 5.77. The van der Waals surface area contributed by atoms with Crippen LogP contribution in [0, 0.1) is 0 Å². The molecule has 4 aromatic rings. The van der Waals surface area contributed by atoms with Crippen LogP contribution in [0.1, 0.15) is 48.6 Å². The molecule has 0 bridgehead atoms. The van der Waals surface area contributed by atoms with Crippen LogP contribution in [0.15, 0.2) is 66.2 Å². The number of nitrogens with zero attached hydrogens (tertiary/aromatic N) is 1. The van der Waals surface area contributed by atoms with Crippen LogP contribution in [0.25, 0.3) is 10.9 Å². The number of H-pyrrole nitrogens is 1. The van der Waals surface area contributed by atoms with Gasteiger partial charge in [0.2, 0.25) is 11.8 Å². The van der Waals surface area contributed by atoms with Gasteiger partial charge in [-0.1, -0.05) is 43.5 Å². The number of para-hydroxylation sites is 1. The molecule has 1 fully saturated rings. The molecular weight excluding hydrogens is 498 g/mol. The number of carbonyl (C=O) groups is 2. The van der Waals surface area contributed by atoms with Crippen LogP contribution < -0.4 is 19.7 Å². The first-order valence-electron chi connectivity index (χ1n) is 13.3. The Hall–Kier alpha value is -3.78. The molecule has 2 amide bonds. The highest BCUT2D eigenvalue weighted by Gasteiger charge is 2.36. The molecular formula is C30H31N3O4S. The molecule has 6 rings (SSSR count). The number of hydrogen-bond acceptors (Lipinski definition) is 5. The van der Waals surface area contributed by atoms with E-state index < -0.39 is 6.04 Å². The summed E-state index contributed by atoms with van der Waals surface area (Å²) in [5.74, 6) is 0.892. The van der Waals surface area contributed by atoms with Gasteiger partial charge < -0.3 is 19.8 Å². The Morgan fingerprint density at radius 1 is 1.00 bits per heavy atom. The van der Waals surface area contributed by atoms with E-state index >= 15 is 0 Å². The van der Waals surface area contributed by atoms with Crippen LogP contribution in [-0.4, -0.2) is 36.1 Å². The SMILES string of the molecule is O=C(NC1CCCCC1)C(c1c[nH]c2ccccc12)N(C(=O)Cc1cccs1)c1ccc2c(c1)OCCO2. The fourth-order valence-electron chi connectivity index (χ4n) is 5.51. The van der Waals surface area contributed by atoms with Gasteiger partial charge >= 0.3 is 0 Å². The van der Waals surface area contributed by atoms with E-state index in [4.69, 9.17) is 9.47 Å². The summed E-state index contributed by atoms with van der Waals surface area (Å²) in [5.41, 5.74) is 2.29. The smallest absolute Gasteiger partial charge is 0.248 e. The van der Waals surface area contributed by atoms with Crippen molar-refractivity contribution < 1.29 is 19.1 Å². The molecule has 2 aromatic carbocycles. The molecule has 3 heterocycles. The summed E-state index contributed by atoms with van der Waals surface area (Å²) in [6, 6.07) is 16.5. The number of ether oxygens (including phenoxy) is 2. The fourth-order valence-corrected chi connectivity index (χ4v) is 6.21. The normalized spacial score (nSPS) is 16.2. The highest BCUT2D eigenvalue weighted by Crippen LogP contribution is 2.39. The Bertz CT molecular complexity index is 1420.